The molecule has 0 aliphatic carbocycles. The lowest BCUT2D eigenvalue weighted by Gasteiger charge is -2.06. The second kappa shape index (κ2) is 5.02. The maximum absolute atomic E-state index is 5.88. The normalized spacial score (nSPS) is 10.6. The molecule has 0 atom stereocenters. The maximum atomic E-state index is 5.88. The molecule has 2 heterocycles. The van der Waals surface area contributed by atoms with Gasteiger partial charge in [-0.25, -0.2) is 9.97 Å². The van der Waals surface area contributed by atoms with E-state index >= 15 is 0 Å². The summed E-state index contributed by atoms with van der Waals surface area (Å²) in [5.74, 6) is 0. The van der Waals surface area contributed by atoms with Crippen LogP contribution in [0.25, 0.3) is 0 Å². The number of nitrogens with zero attached hydrogens (tertiary/aromatic N) is 2. The number of nitrogens with one attached hydrogen (secondary N) is 1. The van der Waals surface area contributed by atoms with Gasteiger partial charge in [0.1, 0.15) is 5.15 Å². The largest absolute Gasteiger partial charge is 0.379 e. The number of anilines is 1. The molecule has 0 fully saturated rings. The molecule has 2 rings (SSSR count). The third-order valence-electron chi connectivity index (χ3n) is 2.47. The summed E-state index contributed by atoms with van der Waals surface area (Å²) < 4.78 is 0. The maximum Gasteiger partial charge on any atom is 0.132 e. The van der Waals surface area contributed by atoms with Crippen LogP contribution in [0.2, 0.25) is 5.15 Å². The van der Waals surface area contributed by atoms with Crippen molar-refractivity contribution in [2.75, 3.05) is 5.32 Å². The molecule has 0 saturated heterocycles. The zero-order valence-corrected chi connectivity index (χ0v) is 11.6. The van der Waals surface area contributed by atoms with Crippen molar-refractivity contribution in [1.29, 1.82) is 0 Å². The molecule has 0 aliphatic heterocycles. The summed E-state index contributed by atoms with van der Waals surface area (Å²) in [5, 5.41) is 4.99. The van der Waals surface area contributed by atoms with Crippen LogP contribution in [0.1, 0.15) is 21.1 Å². The number of aromatic nitrogens is 2. The van der Waals surface area contributed by atoms with Crippen molar-refractivity contribution in [2.45, 2.75) is 27.3 Å². The fourth-order valence-electron chi connectivity index (χ4n) is 1.57. The quantitative estimate of drug-likeness (QED) is 0.861. The Kier molecular flexibility index (Phi) is 3.64. The molecule has 0 spiro atoms. The SMILES string of the molecule is Cc1nc(C)c(CNc2cnc(Cl)c(C)c2)s1. The zero-order chi connectivity index (χ0) is 12.4. The molecule has 0 bridgehead atoms. The molecule has 0 saturated carbocycles. The van der Waals surface area contributed by atoms with E-state index in [1.807, 2.05) is 26.8 Å². The van der Waals surface area contributed by atoms with Crippen LogP contribution < -0.4 is 5.32 Å². The molecule has 0 amide bonds. The minimum Gasteiger partial charge on any atom is -0.379 e. The van der Waals surface area contributed by atoms with Crippen LogP contribution in [0.3, 0.4) is 0 Å². The third kappa shape index (κ3) is 2.96. The van der Waals surface area contributed by atoms with Gasteiger partial charge in [0, 0.05) is 4.88 Å². The van der Waals surface area contributed by atoms with Gasteiger partial charge in [-0.05, 0) is 32.4 Å². The minimum absolute atomic E-state index is 0.556. The van der Waals surface area contributed by atoms with Crippen molar-refractivity contribution >= 4 is 28.6 Å². The highest BCUT2D eigenvalue weighted by Crippen LogP contribution is 2.20. The van der Waals surface area contributed by atoms with Crippen LogP contribution in [0.15, 0.2) is 12.3 Å². The van der Waals surface area contributed by atoms with Crippen molar-refractivity contribution in [1.82, 2.24) is 9.97 Å². The van der Waals surface area contributed by atoms with E-state index in [4.69, 9.17) is 11.6 Å². The zero-order valence-electron chi connectivity index (χ0n) is 10.0. The predicted octanol–water partition coefficient (Wildman–Crippen LogP) is 3.73. The van der Waals surface area contributed by atoms with E-state index in [0.29, 0.717) is 5.15 Å². The lowest BCUT2D eigenvalue weighted by Crippen LogP contribution is -2.00. The summed E-state index contributed by atoms with van der Waals surface area (Å²) in [6.07, 6.45) is 1.75. The Morgan fingerprint density at radius 2 is 2.12 bits per heavy atom. The molecule has 0 aromatic carbocycles. The first-order valence-electron chi connectivity index (χ1n) is 5.35. The Morgan fingerprint density at radius 3 is 2.71 bits per heavy atom. The molecule has 90 valence electrons. The number of hydrogen-bond acceptors (Lipinski definition) is 4. The van der Waals surface area contributed by atoms with Crippen LogP contribution in [0, 0.1) is 20.8 Å². The monoisotopic (exact) mass is 267 g/mol. The highest BCUT2D eigenvalue weighted by molar-refractivity contribution is 7.11. The molecule has 17 heavy (non-hydrogen) atoms. The summed E-state index contributed by atoms with van der Waals surface area (Å²) in [7, 11) is 0. The average Bonchev–Trinajstić information content (AvgIpc) is 2.59. The van der Waals surface area contributed by atoms with E-state index in [9.17, 15) is 0 Å². The van der Waals surface area contributed by atoms with E-state index in [2.05, 4.69) is 15.3 Å². The molecule has 3 nitrogen and oxygen atoms in total. The average molecular weight is 268 g/mol. The van der Waals surface area contributed by atoms with Gasteiger partial charge in [0.25, 0.3) is 0 Å². The Labute approximate surface area is 110 Å². The fraction of sp³-hybridized carbons (Fsp3) is 0.333. The van der Waals surface area contributed by atoms with Crippen molar-refractivity contribution in [3.63, 3.8) is 0 Å². The van der Waals surface area contributed by atoms with Gasteiger partial charge >= 0.3 is 0 Å². The van der Waals surface area contributed by atoms with E-state index in [0.717, 1.165) is 28.5 Å². The summed E-state index contributed by atoms with van der Waals surface area (Å²) in [4.78, 5) is 9.77. The van der Waals surface area contributed by atoms with Gasteiger partial charge in [-0.2, -0.15) is 0 Å². The van der Waals surface area contributed by atoms with E-state index in [1.165, 1.54) is 4.88 Å². The van der Waals surface area contributed by atoms with Crippen LogP contribution in [-0.4, -0.2) is 9.97 Å². The van der Waals surface area contributed by atoms with Gasteiger partial charge in [-0.3, -0.25) is 0 Å². The van der Waals surface area contributed by atoms with E-state index in [-0.39, 0.29) is 0 Å². The number of pyridine rings is 1. The van der Waals surface area contributed by atoms with Crippen LogP contribution in [0.4, 0.5) is 5.69 Å². The highest BCUT2D eigenvalue weighted by atomic mass is 35.5. The number of hydrogen-bond donors (Lipinski definition) is 1. The van der Waals surface area contributed by atoms with E-state index in [1.54, 1.807) is 17.5 Å². The molecule has 0 aliphatic rings. The van der Waals surface area contributed by atoms with Gasteiger partial charge in [0.05, 0.1) is 29.1 Å². The lowest BCUT2D eigenvalue weighted by molar-refractivity contribution is 1.10. The third-order valence-corrected chi connectivity index (χ3v) is 3.94. The first-order chi connectivity index (χ1) is 8.06. The molecular weight excluding hydrogens is 254 g/mol. The Morgan fingerprint density at radius 1 is 1.35 bits per heavy atom. The second-order valence-electron chi connectivity index (χ2n) is 3.93. The molecule has 0 radical (unpaired) electrons. The van der Waals surface area contributed by atoms with Gasteiger partial charge < -0.3 is 5.32 Å². The Balaban J connectivity index is 2.07. The Bertz CT molecular complexity index is 537. The van der Waals surface area contributed by atoms with E-state index < -0.39 is 0 Å². The smallest absolute Gasteiger partial charge is 0.132 e. The topological polar surface area (TPSA) is 37.8 Å². The minimum atomic E-state index is 0.556. The molecular formula is C12H14ClN3S. The van der Waals surface area contributed by atoms with Crippen LogP contribution in [-0.2, 0) is 6.54 Å². The van der Waals surface area contributed by atoms with Crippen molar-refractivity contribution in [3.05, 3.63) is 38.6 Å². The number of halogens is 1. The number of aryl methyl sites for hydroxylation is 3. The lowest BCUT2D eigenvalue weighted by atomic mass is 10.3. The van der Waals surface area contributed by atoms with Gasteiger partial charge in [0.15, 0.2) is 0 Å². The molecule has 5 heteroatoms. The van der Waals surface area contributed by atoms with Crippen LogP contribution in [0.5, 0.6) is 0 Å². The fourth-order valence-corrected chi connectivity index (χ4v) is 2.55. The molecule has 0 unspecified atom stereocenters. The van der Waals surface area contributed by atoms with Gasteiger partial charge in [0.2, 0.25) is 0 Å². The first-order valence-corrected chi connectivity index (χ1v) is 6.54. The number of thiazole rings is 1. The van der Waals surface area contributed by atoms with Gasteiger partial charge in [-0.1, -0.05) is 11.6 Å². The number of rotatable bonds is 3. The predicted molar refractivity (Wildman–Crippen MR) is 72.9 cm³/mol. The summed E-state index contributed by atoms with van der Waals surface area (Å²) in [5.41, 5.74) is 3.06. The van der Waals surface area contributed by atoms with Crippen LogP contribution >= 0.6 is 22.9 Å². The standard InChI is InChI=1S/C12H14ClN3S/c1-7-4-10(5-15-12(7)13)14-6-11-8(2)16-9(3)17-11/h4-5,14H,6H2,1-3H3. The summed E-state index contributed by atoms with van der Waals surface area (Å²) in [6.45, 7) is 6.78. The van der Waals surface area contributed by atoms with Gasteiger partial charge in [-0.15, -0.1) is 11.3 Å². The Hall–Kier alpha value is -1.13. The van der Waals surface area contributed by atoms with Crippen molar-refractivity contribution < 1.29 is 0 Å². The molecule has 2 aromatic rings. The second-order valence-corrected chi connectivity index (χ2v) is 5.57. The first kappa shape index (κ1) is 12.3. The summed E-state index contributed by atoms with van der Waals surface area (Å²) >= 11 is 7.60. The van der Waals surface area contributed by atoms with Crippen molar-refractivity contribution in [3.8, 4) is 0 Å². The molecule has 1 N–H and O–H groups in total. The van der Waals surface area contributed by atoms with Crippen molar-refractivity contribution in [2.24, 2.45) is 0 Å². The summed E-state index contributed by atoms with van der Waals surface area (Å²) in [6, 6.07) is 2.00. The highest BCUT2D eigenvalue weighted by Gasteiger charge is 2.05. The molecule has 2 aromatic heterocycles.